The SMILES string of the molecule is Cc1nc(C)c(CCC(=O)N2CCC[C@H]2c2cccs2)c(=O)[nH]1. The molecule has 1 N–H and O–H groups in total. The van der Waals surface area contributed by atoms with Crippen LogP contribution in [0.4, 0.5) is 0 Å². The minimum absolute atomic E-state index is 0.125. The fourth-order valence-corrected chi connectivity index (χ4v) is 4.14. The van der Waals surface area contributed by atoms with Gasteiger partial charge in [-0.05, 0) is 44.6 Å². The van der Waals surface area contributed by atoms with Crippen LogP contribution in [0.3, 0.4) is 0 Å². The zero-order valence-electron chi connectivity index (χ0n) is 13.5. The molecule has 1 aliphatic rings. The number of rotatable bonds is 4. The molecule has 122 valence electrons. The molecule has 1 atom stereocenters. The second-order valence-electron chi connectivity index (χ2n) is 5.98. The highest BCUT2D eigenvalue weighted by atomic mass is 32.1. The number of aromatic amines is 1. The molecule has 3 heterocycles. The Kier molecular flexibility index (Phi) is 4.61. The Morgan fingerprint density at radius 3 is 3.00 bits per heavy atom. The summed E-state index contributed by atoms with van der Waals surface area (Å²) in [7, 11) is 0. The van der Waals surface area contributed by atoms with Crippen molar-refractivity contribution < 1.29 is 4.79 Å². The van der Waals surface area contributed by atoms with E-state index in [1.165, 1.54) is 4.88 Å². The number of likely N-dealkylation sites (tertiary alicyclic amines) is 1. The van der Waals surface area contributed by atoms with Gasteiger partial charge in [-0.25, -0.2) is 4.98 Å². The number of nitrogens with zero attached hydrogens (tertiary/aromatic N) is 2. The van der Waals surface area contributed by atoms with Gasteiger partial charge in [0, 0.05) is 29.1 Å². The smallest absolute Gasteiger partial charge is 0.254 e. The third-order valence-corrected chi connectivity index (χ3v) is 5.35. The van der Waals surface area contributed by atoms with Gasteiger partial charge in [-0.15, -0.1) is 11.3 Å². The lowest BCUT2D eigenvalue weighted by Gasteiger charge is -2.24. The number of aromatic nitrogens is 2. The van der Waals surface area contributed by atoms with E-state index in [1.54, 1.807) is 18.3 Å². The van der Waals surface area contributed by atoms with Crippen LogP contribution >= 0.6 is 11.3 Å². The quantitative estimate of drug-likeness (QED) is 0.937. The third kappa shape index (κ3) is 3.37. The molecule has 1 saturated heterocycles. The maximum absolute atomic E-state index is 12.6. The summed E-state index contributed by atoms with van der Waals surface area (Å²) in [5.41, 5.74) is 1.21. The maximum Gasteiger partial charge on any atom is 0.254 e. The van der Waals surface area contributed by atoms with Gasteiger partial charge in [-0.1, -0.05) is 6.07 Å². The second kappa shape index (κ2) is 6.66. The first kappa shape index (κ1) is 15.9. The Morgan fingerprint density at radius 1 is 1.48 bits per heavy atom. The van der Waals surface area contributed by atoms with Crippen molar-refractivity contribution in [1.82, 2.24) is 14.9 Å². The number of carbonyl (C=O) groups excluding carboxylic acids is 1. The van der Waals surface area contributed by atoms with Gasteiger partial charge in [-0.2, -0.15) is 0 Å². The molecule has 0 saturated carbocycles. The van der Waals surface area contributed by atoms with E-state index >= 15 is 0 Å². The molecule has 2 aromatic heterocycles. The molecule has 1 fully saturated rings. The van der Waals surface area contributed by atoms with E-state index in [1.807, 2.05) is 17.9 Å². The van der Waals surface area contributed by atoms with E-state index in [0.29, 0.717) is 24.2 Å². The Hall–Kier alpha value is -1.95. The van der Waals surface area contributed by atoms with Gasteiger partial charge >= 0.3 is 0 Å². The number of amides is 1. The number of nitrogens with one attached hydrogen (secondary N) is 1. The monoisotopic (exact) mass is 331 g/mol. The Balaban J connectivity index is 1.69. The summed E-state index contributed by atoms with van der Waals surface area (Å²) >= 11 is 1.70. The minimum Gasteiger partial charge on any atom is -0.335 e. The van der Waals surface area contributed by atoms with Crippen LogP contribution < -0.4 is 5.56 Å². The summed E-state index contributed by atoms with van der Waals surface area (Å²) in [5, 5.41) is 2.05. The van der Waals surface area contributed by atoms with Crippen molar-refractivity contribution in [3.05, 3.63) is 49.8 Å². The number of H-pyrrole nitrogens is 1. The van der Waals surface area contributed by atoms with E-state index in [-0.39, 0.29) is 17.5 Å². The predicted octanol–water partition coefficient (Wildman–Crippen LogP) is 2.74. The van der Waals surface area contributed by atoms with E-state index in [2.05, 4.69) is 21.4 Å². The van der Waals surface area contributed by atoms with Crippen LogP contribution in [0.15, 0.2) is 22.3 Å². The molecule has 23 heavy (non-hydrogen) atoms. The molecule has 1 amide bonds. The topological polar surface area (TPSA) is 66.1 Å². The molecular formula is C17H21N3O2S. The molecule has 2 aromatic rings. The fraction of sp³-hybridized carbons (Fsp3) is 0.471. The van der Waals surface area contributed by atoms with Gasteiger partial charge < -0.3 is 9.88 Å². The summed E-state index contributed by atoms with van der Waals surface area (Å²) in [6, 6.07) is 4.33. The lowest BCUT2D eigenvalue weighted by molar-refractivity contribution is -0.132. The second-order valence-corrected chi connectivity index (χ2v) is 6.96. The highest BCUT2D eigenvalue weighted by Gasteiger charge is 2.30. The van der Waals surface area contributed by atoms with E-state index in [9.17, 15) is 9.59 Å². The largest absolute Gasteiger partial charge is 0.335 e. The lowest BCUT2D eigenvalue weighted by Crippen LogP contribution is -2.31. The van der Waals surface area contributed by atoms with Gasteiger partial charge in [0.05, 0.1) is 6.04 Å². The maximum atomic E-state index is 12.6. The molecule has 0 aromatic carbocycles. The standard InChI is InChI=1S/C17H21N3O2S/c1-11-13(17(22)19-12(2)18-11)7-8-16(21)20-9-3-5-14(20)15-6-4-10-23-15/h4,6,10,14H,3,5,7-9H2,1-2H3,(H,18,19,22)/t14-/m0/s1. The first-order valence-electron chi connectivity index (χ1n) is 7.95. The summed E-state index contributed by atoms with van der Waals surface area (Å²) in [5.74, 6) is 0.736. The predicted molar refractivity (Wildman–Crippen MR) is 90.7 cm³/mol. The number of hydrogen-bond acceptors (Lipinski definition) is 4. The molecule has 0 unspecified atom stereocenters. The van der Waals surface area contributed by atoms with Crippen molar-refractivity contribution in [2.75, 3.05) is 6.54 Å². The highest BCUT2D eigenvalue weighted by Crippen LogP contribution is 2.34. The van der Waals surface area contributed by atoms with Crippen molar-refractivity contribution in [2.45, 2.75) is 45.6 Å². The van der Waals surface area contributed by atoms with Crippen molar-refractivity contribution in [3.63, 3.8) is 0 Å². The Labute approximate surface area is 139 Å². The highest BCUT2D eigenvalue weighted by molar-refractivity contribution is 7.10. The average molecular weight is 331 g/mol. The number of hydrogen-bond donors (Lipinski definition) is 1. The van der Waals surface area contributed by atoms with Crippen molar-refractivity contribution in [1.29, 1.82) is 0 Å². The summed E-state index contributed by atoms with van der Waals surface area (Å²) < 4.78 is 0. The van der Waals surface area contributed by atoms with Crippen molar-refractivity contribution in [2.24, 2.45) is 0 Å². The van der Waals surface area contributed by atoms with Crippen LogP contribution in [-0.2, 0) is 11.2 Å². The summed E-state index contributed by atoms with van der Waals surface area (Å²) in [6.07, 6.45) is 2.87. The molecule has 0 spiro atoms. The van der Waals surface area contributed by atoms with Gasteiger partial charge in [0.2, 0.25) is 5.91 Å². The fourth-order valence-electron chi connectivity index (χ4n) is 3.26. The van der Waals surface area contributed by atoms with Crippen LogP contribution in [-0.4, -0.2) is 27.3 Å². The molecule has 5 nitrogen and oxygen atoms in total. The molecule has 3 rings (SSSR count). The first-order chi connectivity index (χ1) is 11.1. The Bertz CT molecular complexity index is 752. The summed E-state index contributed by atoms with van der Waals surface area (Å²) in [6.45, 7) is 4.40. The first-order valence-corrected chi connectivity index (χ1v) is 8.83. The average Bonchev–Trinajstić information content (AvgIpc) is 3.16. The van der Waals surface area contributed by atoms with Crippen LogP contribution in [0, 0.1) is 13.8 Å². The zero-order valence-corrected chi connectivity index (χ0v) is 14.3. The normalized spacial score (nSPS) is 17.7. The van der Waals surface area contributed by atoms with Crippen LogP contribution in [0.2, 0.25) is 0 Å². The van der Waals surface area contributed by atoms with Crippen LogP contribution in [0.5, 0.6) is 0 Å². The number of thiophene rings is 1. The van der Waals surface area contributed by atoms with E-state index in [0.717, 1.165) is 25.1 Å². The summed E-state index contributed by atoms with van der Waals surface area (Å²) in [4.78, 5) is 34.9. The molecule has 0 aliphatic carbocycles. The van der Waals surface area contributed by atoms with Crippen molar-refractivity contribution in [3.8, 4) is 0 Å². The lowest BCUT2D eigenvalue weighted by atomic mass is 10.1. The molecule has 0 radical (unpaired) electrons. The van der Waals surface area contributed by atoms with Gasteiger partial charge in [0.15, 0.2) is 0 Å². The Morgan fingerprint density at radius 2 is 2.30 bits per heavy atom. The van der Waals surface area contributed by atoms with Crippen LogP contribution in [0.25, 0.3) is 0 Å². The van der Waals surface area contributed by atoms with E-state index in [4.69, 9.17) is 0 Å². The number of aryl methyl sites for hydroxylation is 2. The van der Waals surface area contributed by atoms with Gasteiger partial charge in [-0.3, -0.25) is 9.59 Å². The number of carbonyl (C=O) groups is 1. The van der Waals surface area contributed by atoms with E-state index < -0.39 is 0 Å². The third-order valence-electron chi connectivity index (χ3n) is 4.37. The van der Waals surface area contributed by atoms with Gasteiger partial charge in [0.1, 0.15) is 5.82 Å². The molecule has 6 heteroatoms. The van der Waals surface area contributed by atoms with Crippen molar-refractivity contribution >= 4 is 17.2 Å². The zero-order chi connectivity index (χ0) is 16.4. The molecule has 1 aliphatic heterocycles. The minimum atomic E-state index is -0.126. The molecule has 0 bridgehead atoms. The van der Waals surface area contributed by atoms with Crippen LogP contribution in [0.1, 0.15) is 47.3 Å². The molecular weight excluding hydrogens is 310 g/mol. The van der Waals surface area contributed by atoms with Gasteiger partial charge in [0.25, 0.3) is 5.56 Å².